The van der Waals surface area contributed by atoms with Gasteiger partial charge in [0, 0.05) is 31.7 Å². The molecule has 3 fully saturated rings. The molecule has 2 aliphatic heterocycles. The summed E-state index contributed by atoms with van der Waals surface area (Å²) in [4.78, 5) is 2.96. The second-order valence-corrected chi connectivity index (χ2v) is 11.1. The molecule has 2 heterocycles. The molecule has 4 nitrogen and oxygen atoms in total. The van der Waals surface area contributed by atoms with Crippen LogP contribution in [0, 0.1) is 24.7 Å². The largest absolute Gasteiger partial charge is 0.294 e. The van der Waals surface area contributed by atoms with Crippen molar-refractivity contribution in [1.82, 2.24) is 9.21 Å². The van der Waals surface area contributed by atoms with Crippen molar-refractivity contribution in [1.29, 1.82) is 0 Å². The smallest absolute Gasteiger partial charge is 0.243 e. The van der Waals surface area contributed by atoms with Crippen LogP contribution in [0.5, 0.6) is 0 Å². The van der Waals surface area contributed by atoms with Crippen molar-refractivity contribution in [2.45, 2.75) is 43.3 Å². The molecule has 2 aromatic carbocycles. The molecule has 5 atom stereocenters. The van der Waals surface area contributed by atoms with Gasteiger partial charge in [0.25, 0.3) is 0 Å². The number of hydrogen-bond donors (Lipinski definition) is 0. The highest BCUT2D eigenvalue weighted by molar-refractivity contribution is 7.89. The summed E-state index contributed by atoms with van der Waals surface area (Å²) in [6.45, 7) is 8.64. The number of nitrogens with zero attached hydrogens (tertiary/aromatic N) is 2. The molecule has 158 valence electrons. The summed E-state index contributed by atoms with van der Waals surface area (Å²) < 4.78 is 29.2. The second kappa shape index (κ2) is 7.63. The van der Waals surface area contributed by atoms with Crippen molar-refractivity contribution < 1.29 is 8.42 Å². The Kier molecular flexibility index (Phi) is 5.08. The Bertz CT molecular complexity index is 1020. The summed E-state index contributed by atoms with van der Waals surface area (Å²) in [5.74, 6) is 1.43. The van der Waals surface area contributed by atoms with Crippen LogP contribution in [-0.2, 0) is 16.6 Å². The van der Waals surface area contributed by atoms with Crippen LogP contribution in [-0.4, -0.2) is 42.8 Å². The Hall–Kier alpha value is -1.95. The van der Waals surface area contributed by atoms with Crippen LogP contribution < -0.4 is 0 Å². The van der Waals surface area contributed by atoms with Crippen LogP contribution in [0.3, 0.4) is 0 Å². The van der Waals surface area contributed by atoms with Gasteiger partial charge in [0.15, 0.2) is 0 Å². The van der Waals surface area contributed by atoms with Gasteiger partial charge >= 0.3 is 0 Å². The quantitative estimate of drug-likeness (QED) is 0.682. The van der Waals surface area contributed by atoms with Crippen molar-refractivity contribution in [3.05, 3.63) is 78.4 Å². The van der Waals surface area contributed by atoms with Gasteiger partial charge in [-0.15, -0.1) is 6.58 Å². The van der Waals surface area contributed by atoms with E-state index >= 15 is 0 Å². The molecule has 0 unspecified atom stereocenters. The third-order valence-electron chi connectivity index (χ3n) is 7.47. The van der Waals surface area contributed by atoms with E-state index in [1.54, 1.807) is 12.1 Å². The van der Waals surface area contributed by atoms with E-state index in [9.17, 15) is 8.42 Å². The van der Waals surface area contributed by atoms with Gasteiger partial charge in [-0.05, 0) is 55.2 Å². The maximum Gasteiger partial charge on any atom is 0.243 e. The van der Waals surface area contributed by atoms with Crippen LogP contribution in [0.15, 0.2) is 72.1 Å². The zero-order valence-corrected chi connectivity index (χ0v) is 18.3. The first-order chi connectivity index (χ1) is 14.5. The molecule has 5 rings (SSSR count). The molecular formula is C25H30N2O2S. The minimum absolute atomic E-state index is 0.0324. The molecule has 0 radical (unpaired) electrons. The lowest BCUT2D eigenvalue weighted by atomic mass is 9.68. The second-order valence-electron chi connectivity index (χ2n) is 9.17. The molecule has 3 aliphatic rings. The fourth-order valence-electron chi connectivity index (χ4n) is 6.13. The van der Waals surface area contributed by atoms with E-state index in [0.717, 1.165) is 31.5 Å². The average Bonchev–Trinajstić information content (AvgIpc) is 3.00. The third-order valence-corrected chi connectivity index (χ3v) is 9.38. The number of piperidine rings is 1. The Labute approximate surface area is 180 Å². The third kappa shape index (κ3) is 3.24. The van der Waals surface area contributed by atoms with Gasteiger partial charge in [-0.3, -0.25) is 4.90 Å². The Morgan fingerprint density at radius 1 is 1.07 bits per heavy atom. The van der Waals surface area contributed by atoms with E-state index < -0.39 is 10.0 Å². The van der Waals surface area contributed by atoms with E-state index in [-0.39, 0.29) is 18.0 Å². The summed E-state index contributed by atoms with van der Waals surface area (Å²) in [6, 6.07) is 18.1. The highest BCUT2D eigenvalue weighted by Crippen LogP contribution is 2.51. The first-order valence-corrected chi connectivity index (χ1v) is 12.4. The van der Waals surface area contributed by atoms with Gasteiger partial charge in [0.1, 0.15) is 0 Å². The van der Waals surface area contributed by atoms with Crippen molar-refractivity contribution >= 4 is 10.0 Å². The number of rotatable bonds is 5. The summed E-state index contributed by atoms with van der Waals surface area (Å²) in [7, 11) is -3.53. The normalized spacial score (nSPS) is 31.6. The Balaban J connectivity index is 1.51. The van der Waals surface area contributed by atoms with E-state index in [2.05, 4.69) is 35.7 Å². The molecule has 2 aromatic rings. The molecule has 2 saturated heterocycles. The number of benzene rings is 2. The minimum atomic E-state index is -3.53. The first kappa shape index (κ1) is 20.0. The fraction of sp³-hybridized carbons (Fsp3) is 0.440. The highest BCUT2D eigenvalue weighted by atomic mass is 32.2. The van der Waals surface area contributed by atoms with Crippen molar-refractivity contribution in [3.8, 4) is 0 Å². The van der Waals surface area contributed by atoms with Gasteiger partial charge in [0.05, 0.1) is 4.90 Å². The topological polar surface area (TPSA) is 40.6 Å². The van der Waals surface area contributed by atoms with Gasteiger partial charge in [0.2, 0.25) is 10.0 Å². The number of hydrogen-bond acceptors (Lipinski definition) is 3. The molecular weight excluding hydrogens is 392 g/mol. The maximum absolute atomic E-state index is 13.7. The van der Waals surface area contributed by atoms with E-state index in [4.69, 9.17) is 0 Å². The molecule has 0 aromatic heterocycles. The van der Waals surface area contributed by atoms with E-state index in [1.807, 2.05) is 35.5 Å². The standard InChI is InChI=1S/C25H30N2O2S/c1-3-20-15-21-17-26(16-19-7-5-4-6-8-19)25-23(21)13-14-27(24(20)25)30(28,29)22-11-9-18(2)10-12-22/h3-12,20-21,23-25H,1,13-17H2,2H3/t20-,21-,23-,24+,25+/m1/s1. The van der Waals surface area contributed by atoms with Gasteiger partial charge in [-0.25, -0.2) is 8.42 Å². The summed E-state index contributed by atoms with van der Waals surface area (Å²) in [6.07, 6.45) is 4.00. The van der Waals surface area contributed by atoms with Crippen molar-refractivity contribution in [2.24, 2.45) is 17.8 Å². The van der Waals surface area contributed by atoms with E-state index in [1.165, 1.54) is 5.56 Å². The molecule has 30 heavy (non-hydrogen) atoms. The predicted molar refractivity (Wildman–Crippen MR) is 119 cm³/mol. The zero-order chi connectivity index (χ0) is 20.9. The molecule has 0 N–H and O–H groups in total. The Morgan fingerprint density at radius 2 is 1.80 bits per heavy atom. The van der Waals surface area contributed by atoms with Gasteiger partial charge in [-0.1, -0.05) is 54.1 Å². The molecule has 5 heteroatoms. The van der Waals surface area contributed by atoms with Crippen LogP contribution >= 0.6 is 0 Å². The summed E-state index contributed by atoms with van der Waals surface area (Å²) >= 11 is 0. The minimum Gasteiger partial charge on any atom is -0.294 e. The van der Waals surface area contributed by atoms with Crippen molar-refractivity contribution in [2.75, 3.05) is 13.1 Å². The number of aryl methyl sites for hydroxylation is 1. The van der Waals surface area contributed by atoms with Crippen LogP contribution in [0.4, 0.5) is 0 Å². The lowest BCUT2D eigenvalue weighted by Gasteiger charge is -2.51. The molecule has 0 spiro atoms. The molecule has 4 bridgehead atoms. The molecule has 0 amide bonds. The zero-order valence-electron chi connectivity index (χ0n) is 17.5. The van der Waals surface area contributed by atoms with Crippen LogP contribution in [0.25, 0.3) is 0 Å². The number of sulfonamides is 1. The van der Waals surface area contributed by atoms with Crippen LogP contribution in [0.2, 0.25) is 0 Å². The molecule has 1 aliphatic carbocycles. The fourth-order valence-corrected chi connectivity index (χ4v) is 7.83. The monoisotopic (exact) mass is 422 g/mol. The SMILES string of the molecule is C=C[C@@H]1C[C@@H]2CN(Cc3ccccc3)[C@H]3[C@@H]2CCN(S(=O)(=O)c2ccc(C)cc2)[C@H]31. The van der Waals surface area contributed by atoms with Crippen molar-refractivity contribution in [3.63, 3.8) is 0 Å². The summed E-state index contributed by atoms with van der Waals surface area (Å²) in [5, 5.41) is 0. The average molecular weight is 423 g/mol. The lowest BCUT2D eigenvalue weighted by molar-refractivity contribution is 0.0336. The highest BCUT2D eigenvalue weighted by Gasteiger charge is 2.57. The van der Waals surface area contributed by atoms with E-state index in [0.29, 0.717) is 23.3 Å². The molecule has 1 saturated carbocycles. The van der Waals surface area contributed by atoms with Gasteiger partial charge in [-0.2, -0.15) is 4.31 Å². The van der Waals surface area contributed by atoms with Crippen LogP contribution in [0.1, 0.15) is 24.0 Å². The predicted octanol–water partition coefficient (Wildman–Crippen LogP) is 4.08. The Morgan fingerprint density at radius 3 is 2.50 bits per heavy atom. The maximum atomic E-state index is 13.7. The number of likely N-dealkylation sites (tertiary alicyclic amines) is 1. The van der Waals surface area contributed by atoms with Gasteiger partial charge < -0.3 is 0 Å². The summed E-state index contributed by atoms with van der Waals surface area (Å²) in [5.41, 5.74) is 2.37. The first-order valence-electron chi connectivity index (χ1n) is 11.0. The lowest BCUT2D eigenvalue weighted by Crippen LogP contribution is -2.62.